The van der Waals surface area contributed by atoms with E-state index >= 15 is 0 Å². The third-order valence-corrected chi connectivity index (χ3v) is 0.834. The lowest BCUT2D eigenvalue weighted by Crippen LogP contribution is -2.41. The van der Waals surface area contributed by atoms with Crippen molar-refractivity contribution in [1.29, 1.82) is 0 Å². The van der Waals surface area contributed by atoms with Crippen molar-refractivity contribution in [3.8, 4) is 0 Å². The van der Waals surface area contributed by atoms with Crippen molar-refractivity contribution >= 4 is 0 Å². The minimum absolute atomic E-state index is 0.101. The van der Waals surface area contributed by atoms with Crippen LogP contribution in [-0.4, -0.2) is 32.5 Å². The second-order valence-corrected chi connectivity index (χ2v) is 1.61. The summed E-state index contributed by atoms with van der Waals surface area (Å²) < 4.78 is 0. The summed E-state index contributed by atoms with van der Waals surface area (Å²) in [5, 5.41) is 32.9. The molecule has 0 heterocycles. The van der Waals surface area contributed by atoms with Gasteiger partial charge in [-0.25, -0.2) is 0 Å². The van der Waals surface area contributed by atoms with Crippen molar-refractivity contribution in [3.05, 3.63) is 0 Å². The highest BCUT2D eigenvalue weighted by Crippen LogP contribution is 2.03. The Morgan fingerprint density at radius 1 is 1.38 bits per heavy atom. The van der Waals surface area contributed by atoms with Crippen LogP contribution in [0.3, 0.4) is 0 Å². The molecule has 0 aromatic carbocycles. The normalized spacial score (nSPS) is 16.1. The number of hydrogen-bond acceptors (Lipinski definition) is 4. The van der Waals surface area contributed by atoms with E-state index in [1.165, 1.54) is 6.92 Å². The first-order valence-corrected chi connectivity index (χ1v) is 2.33. The van der Waals surface area contributed by atoms with E-state index in [0.29, 0.717) is 0 Å². The Bertz CT molecular complexity index is 64.9. The van der Waals surface area contributed by atoms with Crippen molar-refractivity contribution in [2.75, 3.05) is 0 Å². The van der Waals surface area contributed by atoms with Gasteiger partial charge in [0.2, 0.25) is 0 Å². The van der Waals surface area contributed by atoms with Crippen molar-refractivity contribution in [2.24, 2.45) is 0 Å². The molecular formula is C4H10O4. The molecule has 0 radical (unpaired) electrons. The Morgan fingerprint density at radius 3 is 1.75 bits per heavy atom. The van der Waals surface area contributed by atoms with Crippen LogP contribution in [0.5, 0.6) is 0 Å². The molecule has 0 fully saturated rings. The maximum atomic E-state index is 8.44. The first-order valence-electron chi connectivity index (χ1n) is 2.33. The zero-order valence-electron chi connectivity index (χ0n) is 4.57. The minimum atomic E-state index is -2.94. The molecule has 0 saturated carbocycles. The highest BCUT2D eigenvalue weighted by atomic mass is 16.7. The van der Waals surface area contributed by atoms with E-state index in [9.17, 15) is 0 Å². The van der Waals surface area contributed by atoms with E-state index in [1.807, 2.05) is 0 Å². The van der Waals surface area contributed by atoms with E-state index in [0.717, 1.165) is 0 Å². The molecule has 8 heavy (non-hydrogen) atoms. The van der Waals surface area contributed by atoms with Gasteiger partial charge in [0, 0.05) is 0 Å². The summed E-state index contributed by atoms with van der Waals surface area (Å²) >= 11 is 0. The van der Waals surface area contributed by atoms with Crippen LogP contribution >= 0.6 is 0 Å². The van der Waals surface area contributed by atoms with Gasteiger partial charge < -0.3 is 20.4 Å². The van der Waals surface area contributed by atoms with Crippen molar-refractivity contribution in [1.82, 2.24) is 0 Å². The number of aliphatic hydroxyl groups excluding tert-OH is 1. The fourth-order valence-corrected chi connectivity index (χ4v) is 0.274. The maximum absolute atomic E-state index is 8.44. The summed E-state index contributed by atoms with van der Waals surface area (Å²) in [6, 6.07) is 0. The second kappa shape index (κ2) is 2.41. The fourth-order valence-electron chi connectivity index (χ4n) is 0.274. The fraction of sp³-hybridized carbons (Fsp3) is 1.00. The SMILES string of the molecule is CC[C@@H](O)C(O)(O)O. The van der Waals surface area contributed by atoms with Crippen LogP contribution < -0.4 is 0 Å². The minimum Gasteiger partial charge on any atom is -0.385 e. The smallest absolute Gasteiger partial charge is 0.302 e. The third-order valence-electron chi connectivity index (χ3n) is 0.834. The van der Waals surface area contributed by atoms with Crippen LogP contribution in [0.2, 0.25) is 0 Å². The van der Waals surface area contributed by atoms with Crippen LogP contribution in [0, 0.1) is 0 Å². The van der Waals surface area contributed by atoms with Gasteiger partial charge in [0.25, 0.3) is 0 Å². The first-order chi connectivity index (χ1) is 3.48. The average molecular weight is 122 g/mol. The molecule has 0 aliphatic carbocycles. The molecule has 0 saturated heterocycles. The molecule has 4 N–H and O–H groups in total. The third kappa shape index (κ3) is 2.23. The van der Waals surface area contributed by atoms with Gasteiger partial charge in [-0.05, 0) is 6.42 Å². The molecule has 0 aliphatic heterocycles. The molecule has 0 aromatic heterocycles. The summed E-state index contributed by atoms with van der Waals surface area (Å²) in [4.78, 5) is 0. The quantitative estimate of drug-likeness (QED) is 0.332. The van der Waals surface area contributed by atoms with Gasteiger partial charge in [-0.15, -0.1) is 0 Å². The van der Waals surface area contributed by atoms with Gasteiger partial charge in [-0.3, -0.25) is 0 Å². The lowest BCUT2D eigenvalue weighted by Gasteiger charge is -2.18. The average Bonchev–Trinajstić information content (AvgIpc) is 1.62. The lowest BCUT2D eigenvalue weighted by atomic mass is 10.2. The van der Waals surface area contributed by atoms with Gasteiger partial charge in [0.05, 0.1) is 0 Å². The Balaban J connectivity index is 3.62. The second-order valence-electron chi connectivity index (χ2n) is 1.61. The molecule has 0 amide bonds. The molecule has 0 spiro atoms. The van der Waals surface area contributed by atoms with Crippen molar-refractivity contribution in [3.63, 3.8) is 0 Å². The summed E-state index contributed by atoms with van der Waals surface area (Å²) in [5.41, 5.74) is 0. The van der Waals surface area contributed by atoms with Crippen molar-refractivity contribution in [2.45, 2.75) is 25.4 Å². The van der Waals surface area contributed by atoms with E-state index in [-0.39, 0.29) is 6.42 Å². The first kappa shape index (κ1) is 7.84. The molecule has 0 aliphatic rings. The number of hydrogen-bond donors (Lipinski definition) is 4. The molecule has 1 atom stereocenters. The van der Waals surface area contributed by atoms with Gasteiger partial charge in [0.15, 0.2) is 0 Å². The zero-order valence-corrected chi connectivity index (χ0v) is 4.57. The van der Waals surface area contributed by atoms with Crippen LogP contribution in [0.4, 0.5) is 0 Å². The van der Waals surface area contributed by atoms with Gasteiger partial charge in [-0.1, -0.05) is 6.92 Å². The standard InChI is InChI=1S/C4H10O4/c1-2-3(5)4(6,7)8/h3,5-8H,2H2,1H3/t3-/m1/s1. The Kier molecular flexibility index (Phi) is 2.36. The molecule has 4 heteroatoms. The maximum Gasteiger partial charge on any atom is 0.302 e. The van der Waals surface area contributed by atoms with Crippen molar-refractivity contribution < 1.29 is 20.4 Å². The Labute approximate surface area is 47.0 Å². The molecule has 0 unspecified atom stereocenters. The molecule has 0 rings (SSSR count). The lowest BCUT2D eigenvalue weighted by molar-refractivity contribution is -0.354. The van der Waals surface area contributed by atoms with Crippen LogP contribution in [0.15, 0.2) is 0 Å². The van der Waals surface area contributed by atoms with Gasteiger partial charge in [0.1, 0.15) is 6.10 Å². The number of aliphatic hydroxyl groups is 4. The summed E-state index contributed by atoms with van der Waals surface area (Å²) in [6.45, 7) is 1.52. The molecule has 4 nitrogen and oxygen atoms in total. The summed E-state index contributed by atoms with van der Waals surface area (Å²) in [7, 11) is 0. The molecular weight excluding hydrogens is 112 g/mol. The van der Waals surface area contributed by atoms with E-state index in [4.69, 9.17) is 20.4 Å². The number of rotatable bonds is 2. The topological polar surface area (TPSA) is 80.9 Å². The highest BCUT2D eigenvalue weighted by Gasteiger charge is 2.27. The van der Waals surface area contributed by atoms with Crippen LogP contribution in [-0.2, 0) is 0 Å². The predicted octanol–water partition coefficient (Wildman–Crippen LogP) is -1.61. The zero-order chi connectivity index (χ0) is 6.78. The van der Waals surface area contributed by atoms with Crippen LogP contribution in [0.1, 0.15) is 13.3 Å². The van der Waals surface area contributed by atoms with E-state index in [1.54, 1.807) is 0 Å². The monoisotopic (exact) mass is 122 g/mol. The molecule has 50 valence electrons. The Morgan fingerprint density at radius 2 is 1.75 bits per heavy atom. The highest BCUT2D eigenvalue weighted by molar-refractivity contribution is 4.58. The summed E-state index contributed by atoms with van der Waals surface area (Å²) in [5.74, 6) is -2.94. The van der Waals surface area contributed by atoms with Gasteiger partial charge >= 0.3 is 5.97 Å². The van der Waals surface area contributed by atoms with E-state index < -0.39 is 12.1 Å². The Hall–Kier alpha value is -0.160. The summed E-state index contributed by atoms with van der Waals surface area (Å²) in [6.07, 6.45) is -1.38. The largest absolute Gasteiger partial charge is 0.385 e. The predicted molar refractivity (Wildman–Crippen MR) is 25.7 cm³/mol. The molecule has 0 aromatic rings. The van der Waals surface area contributed by atoms with Gasteiger partial charge in [-0.2, -0.15) is 0 Å². The van der Waals surface area contributed by atoms with E-state index in [2.05, 4.69) is 0 Å². The molecule has 0 bridgehead atoms. The van der Waals surface area contributed by atoms with Crippen LogP contribution in [0.25, 0.3) is 0 Å².